The predicted octanol–water partition coefficient (Wildman–Crippen LogP) is 3.28. The fraction of sp³-hybridized carbons (Fsp3) is 0.250. The molecule has 0 radical (unpaired) electrons. The summed E-state index contributed by atoms with van der Waals surface area (Å²) in [5.74, 6) is 0.738. The second kappa shape index (κ2) is 6.14. The van der Waals surface area contributed by atoms with E-state index in [9.17, 15) is 10.2 Å². The lowest BCUT2D eigenvalue weighted by Crippen LogP contribution is -1.93. The van der Waals surface area contributed by atoms with E-state index >= 15 is 0 Å². The molecule has 2 rings (SSSR count). The van der Waals surface area contributed by atoms with Crippen molar-refractivity contribution in [3.05, 3.63) is 53.6 Å². The van der Waals surface area contributed by atoms with Crippen LogP contribution in [0.15, 0.2) is 42.5 Å². The van der Waals surface area contributed by atoms with Crippen molar-refractivity contribution in [3.8, 4) is 17.2 Å². The largest absolute Gasteiger partial charge is 0.504 e. The van der Waals surface area contributed by atoms with Crippen molar-refractivity contribution in [1.82, 2.24) is 0 Å². The summed E-state index contributed by atoms with van der Waals surface area (Å²) in [4.78, 5) is 0. The maximum Gasteiger partial charge on any atom is 0.157 e. The molecule has 3 heteroatoms. The smallest absolute Gasteiger partial charge is 0.157 e. The van der Waals surface area contributed by atoms with Gasteiger partial charge in [0.05, 0.1) is 6.61 Å². The lowest BCUT2D eigenvalue weighted by Gasteiger charge is -2.06. The zero-order valence-electron chi connectivity index (χ0n) is 11.0. The van der Waals surface area contributed by atoms with E-state index < -0.39 is 0 Å². The van der Waals surface area contributed by atoms with Gasteiger partial charge in [-0.25, -0.2) is 0 Å². The maximum absolute atomic E-state index is 9.43. The molecule has 2 aromatic carbocycles. The third-order valence-electron chi connectivity index (χ3n) is 2.98. The summed E-state index contributed by atoms with van der Waals surface area (Å²) in [5, 5.41) is 18.7. The monoisotopic (exact) mass is 258 g/mol. The Morgan fingerprint density at radius 3 is 2.11 bits per heavy atom. The molecule has 0 saturated carbocycles. The van der Waals surface area contributed by atoms with Crippen molar-refractivity contribution in [2.45, 2.75) is 19.8 Å². The molecule has 0 atom stereocenters. The molecule has 100 valence electrons. The van der Waals surface area contributed by atoms with E-state index in [0.717, 1.165) is 24.2 Å². The average molecular weight is 258 g/mol. The summed E-state index contributed by atoms with van der Waals surface area (Å²) in [6.07, 6.45) is 1.71. The highest BCUT2D eigenvalue weighted by Crippen LogP contribution is 2.25. The van der Waals surface area contributed by atoms with Crippen molar-refractivity contribution < 1.29 is 14.9 Å². The van der Waals surface area contributed by atoms with Crippen LogP contribution in [0.25, 0.3) is 0 Å². The van der Waals surface area contributed by atoms with Gasteiger partial charge >= 0.3 is 0 Å². The number of hydrogen-bond donors (Lipinski definition) is 2. The zero-order chi connectivity index (χ0) is 13.7. The van der Waals surface area contributed by atoms with E-state index in [1.807, 2.05) is 37.3 Å². The Kier molecular flexibility index (Phi) is 4.29. The van der Waals surface area contributed by atoms with E-state index in [1.54, 1.807) is 6.07 Å². The second-order valence-corrected chi connectivity index (χ2v) is 4.40. The predicted molar refractivity (Wildman–Crippen MR) is 74.8 cm³/mol. The van der Waals surface area contributed by atoms with Crippen LogP contribution >= 0.6 is 0 Å². The van der Waals surface area contributed by atoms with Crippen LogP contribution in [0.5, 0.6) is 17.2 Å². The van der Waals surface area contributed by atoms with Gasteiger partial charge in [0.15, 0.2) is 11.5 Å². The summed E-state index contributed by atoms with van der Waals surface area (Å²) >= 11 is 0. The van der Waals surface area contributed by atoms with Gasteiger partial charge in [-0.15, -0.1) is 0 Å². The fourth-order valence-corrected chi connectivity index (χ4v) is 1.93. The number of benzene rings is 2. The summed E-state index contributed by atoms with van der Waals surface area (Å²) in [5.41, 5.74) is 2.22. The molecule has 0 spiro atoms. The topological polar surface area (TPSA) is 49.7 Å². The van der Waals surface area contributed by atoms with Crippen LogP contribution in [0.1, 0.15) is 18.1 Å². The number of rotatable bonds is 5. The molecule has 0 amide bonds. The first kappa shape index (κ1) is 13.3. The molecule has 2 N–H and O–H groups in total. The van der Waals surface area contributed by atoms with E-state index in [4.69, 9.17) is 4.74 Å². The highest BCUT2D eigenvalue weighted by Gasteiger charge is 2.01. The van der Waals surface area contributed by atoms with Gasteiger partial charge in [-0.1, -0.05) is 18.2 Å². The van der Waals surface area contributed by atoms with E-state index in [1.165, 1.54) is 11.6 Å². The highest BCUT2D eigenvalue weighted by molar-refractivity contribution is 5.40. The quantitative estimate of drug-likeness (QED) is 0.809. The van der Waals surface area contributed by atoms with Gasteiger partial charge in [0.2, 0.25) is 0 Å². The maximum atomic E-state index is 9.43. The van der Waals surface area contributed by atoms with Crippen LogP contribution < -0.4 is 4.74 Å². The lowest BCUT2D eigenvalue weighted by atomic mass is 10.0. The van der Waals surface area contributed by atoms with Crippen molar-refractivity contribution in [2.24, 2.45) is 0 Å². The number of phenolic OH excluding ortho intramolecular Hbond substituents is 2. The number of aromatic hydroxyl groups is 2. The van der Waals surface area contributed by atoms with Gasteiger partial charge in [0.1, 0.15) is 5.75 Å². The minimum absolute atomic E-state index is 0.0656. The Balaban J connectivity index is 1.96. The summed E-state index contributed by atoms with van der Waals surface area (Å²) in [6.45, 7) is 2.64. The Morgan fingerprint density at radius 1 is 0.842 bits per heavy atom. The standard InChI is InChI=1S/C16H18O3/c1-2-19-14-8-5-12(6-9-14)3-4-13-7-10-15(17)16(18)11-13/h5-11,17-18H,2-4H2,1H3. The number of ether oxygens (including phenoxy) is 1. The highest BCUT2D eigenvalue weighted by atomic mass is 16.5. The van der Waals surface area contributed by atoms with Crippen molar-refractivity contribution in [3.63, 3.8) is 0 Å². The van der Waals surface area contributed by atoms with Gasteiger partial charge in [-0.2, -0.15) is 0 Å². The minimum Gasteiger partial charge on any atom is -0.504 e. The van der Waals surface area contributed by atoms with Crippen LogP contribution in [0, 0.1) is 0 Å². The molecular weight excluding hydrogens is 240 g/mol. The molecule has 0 aromatic heterocycles. The molecule has 0 fully saturated rings. The molecule has 0 bridgehead atoms. The average Bonchev–Trinajstić information content (AvgIpc) is 2.42. The number of phenols is 2. The fourth-order valence-electron chi connectivity index (χ4n) is 1.93. The van der Waals surface area contributed by atoms with E-state index in [-0.39, 0.29) is 11.5 Å². The molecule has 3 nitrogen and oxygen atoms in total. The molecule has 19 heavy (non-hydrogen) atoms. The number of aryl methyl sites for hydroxylation is 2. The summed E-state index contributed by atoms with van der Waals surface area (Å²) < 4.78 is 5.39. The Labute approximate surface area is 113 Å². The third-order valence-corrected chi connectivity index (χ3v) is 2.98. The first-order valence-corrected chi connectivity index (χ1v) is 6.41. The first-order valence-electron chi connectivity index (χ1n) is 6.41. The third kappa shape index (κ3) is 3.65. The molecule has 0 aliphatic carbocycles. The first-order chi connectivity index (χ1) is 9.19. The van der Waals surface area contributed by atoms with Crippen LogP contribution in [-0.2, 0) is 12.8 Å². The molecule has 2 aromatic rings. The van der Waals surface area contributed by atoms with Crippen LogP contribution in [0.2, 0.25) is 0 Å². The van der Waals surface area contributed by atoms with Gasteiger partial charge in [0, 0.05) is 0 Å². The summed E-state index contributed by atoms with van der Waals surface area (Å²) in [6, 6.07) is 13.0. The zero-order valence-corrected chi connectivity index (χ0v) is 11.0. The molecule has 0 saturated heterocycles. The van der Waals surface area contributed by atoms with Crippen molar-refractivity contribution in [2.75, 3.05) is 6.61 Å². The second-order valence-electron chi connectivity index (χ2n) is 4.40. The van der Waals surface area contributed by atoms with E-state index in [0.29, 0.717) is 6.61 Å². The van der Waals surface area contributed by atoms with Crippen molar-refractivity contribution in [1.29, 1.82) is 0 Å². The molecule has 0 unspecified atom stereocenters. The molecule has 0 heterocycles. The number of hydrogen-bond acceptors (Lipinski definition) is 3. The van der Waals surface area contributed by atoms with Gasteiger partial charge in [-0.3, -0.25) is 0 Å². The lowest BCUT2D eigenvalue weighted by molar-refractivity contribution is 0.340. The van der Waals surface area contributed by atoms with Gasteiger partial charge < -0.3 is 14.9 Å². The van der Waals surface area contributed by atoms with Gasteiger partial charge in [-0.05, 0) is 55.2 Å². The molecule has 0 aliphatic rings. The summed E-state index contributed by atoms with van der Waals surface area (Å²) in [7, 11) is 0. The Morgan fingerprint density at radius 2 is 1.47 bits per heavy atom. The van der Waals surface area contributed by atoms with Gasteiger partial charge in [0.25, 0.3) is 0 Å². The van der Waals surface area contributed by atoms with E-state index in [2.05, 4.69) is 0 Å². The normalized spacial score (nSPS) is 10.4. The van der Waals surface area contributed by atoms with Crippen LogP contribution in [-0.4, -0.2) is 16.8 Å². The Hall–Kier alpha value is -2.16. The SMILES string of the molecule is CCOc1ccc(CCc2ccc(O)c(O)c2)cc1. The van der Waals surface area contributed by atoms with Crippen LogP contribution in [0.3, 0.4) is 0 Å². The Bertz CT molecular complexity index is 532. The van der Waals surface area contributed by atoms with Crippen molar-refractivity contribution >= 4 is 0 Å². The minimum atomic E-state index is -0.0789. The molecular formula is C16H18O3. The molecule has 0 aliphatic heterocycles. The van der Waals surface area contributed by atoms with Crippen LogP contribution in [0.4, 0.5) is 0 Å².